The van der Waals surface area contributed by atoms with E-state index in [4.69, 9.17) is 4.52 Å². The number of hydrogen-bond donors (Lipinski definition) is 2. The Morgan fingerprint density at radius 3 is 2.93 bits per heavy atom. The van der Waals surface area contributed by atoms with Gasteiger partial charge in [0, 0.05) is 32.3 Å². The van der Waals surface area contributed by atoms with Gasteiger partial charge in [0.1, 0.15) is 0 Å². The minimum absolute atomic E-state index is 0.0132. The van der Waals surface area contributed by atoms with Gasteiger partial charge in [-0.2, -0.15) is 10.1 Å². The van der Waals surface area contributed by atoms with Gasteiger partial charge in [0.25, 0.3) is 0 Å². The van der Waals surface area contributed by atoms with E-state index < -0.39 is 0 Å². The Hall–Kier alpha value is -3.00. The van der Waals surface area contributed by atoms with Gasteiger partial charge < -0.3 is 15.2 Å². The zero-order valence-electron chi connectivity index (χ0n) is 16.0. The molecule has 0 saturated carbocycles. The Balaban J connectivity index is 1.39. The van der Waals surface area contributed by atoms with Crippen LogP contribution in [0.4, 0.5) is 0 Å². The van der Waals surface area contributed by atoms with Gasteiger partial charge in [-0.25, -0.2) is 0 Å². The molecule has 1 amide bonds. The molecule has 1 unspecified atom stereocenters. The summed E-state index contributed by atoms with van der Waals surface area (Å²) in [6, 6.07) is 9.63. The zero-order valence-corrected chi connectivity index (χ0v) is 16.0. The normalized spacial score (nSPS) is 20.2. The molecular formula is C20H24N6O2. The number of benzene rings is 1. The van der Waals surface area contributed by atoms with Crippen molar-refractivity contribution in [3.8, 4) is 0 Å². The van der Waals surface area contributed by atoms with Crippen LogP contribution in [0.2, 0.25) is 0 Å². The van der Waals surface area contributed by atoms with Crippen LogP contribution in [0.3, 0.4) is 0 Å². The van der Waals surface area contributed by atoms with Gasteiger partial charge in [-0.15, -0.1) is 0 Å². The summed E-state index contributed by atoms with van der Waals surface area (Å²) in [4.78, 5) is 17.3. The largest absolute Gasteiger partial charge is 0.346 e. The maximum atomic E-state index is 12.9. The van der Waals surface area contributed by atoms with E-state index in [0.717, 1.165) is 17.7 Å². The molecule has 28 heavy (non-hydrogen) atoms. The first-order valence-corrected chi connectivity index (χ1v) is 9.46. The monoisotopic (exact) mass is 380 g/mol. The van der Waals surface area contributed by atoms with Crippen LogP contribution in [0, 0.1) is 5.92 Å². The van der Waals surface area contributed by atoms with E-state index in [1.54, 1.807) is 4.68 Å². The van der Waals surface area contributed by atoms with Crippen molar-refractivity contribution in [2.45, 2.75) is 25.3 Å². The van der Waals surface area contributed by atoms with Gasteiger partial charge in [0.15, 0.2) is 5.82 Å². The Labute approximate surface area is 163 Å². The molecule has 0 bridgehead atoms. The summed E-state index contributed by atoms with van der Waals surface area (Å²) in [5, 5.41) is 14.6. The third-order valence-corrected chi connectivity index (χ3v) is 5.13. The topological polar surface area (TPSA) is 97.9 Å². The lowest BCUT2D eigenvalue weighted by Crippen LogP contribution is -2.36. The Kier molecular flexibility index (Phi) is 5.21. The number of aryl methyl sites for hydroxylation is 1. The van der Waals surface area contributed by atoms with Crippen LogP contribution in [0.25, 0.3) is 0 Å². The predicted octanol–water partition coefficient (Wildman–Crippen LogP) is 1.57. The fourth-order valence-corrected chi connectivity index (χ4v) is 3.61. The molecule has 3 aromatic rings. The van der Waals surface area contributed by atoms with Gasteiger partial charge in [-0.05, 0) is 18.1 Å². The number of hydrogen-bond acceptors (Lipinski definition) is 6. The van der Waals surface area contributed by atoms with Gasteiger partial charge in [-0.1, -0.05) is 35.5 Å². The van der Waals surface area contributed by atoms with E-state index in [1.807, 2.05) is 56.7 Å². The average Bonchev–Trinajstić information content (AvgIpc) is 3.42. The second-order valence-electron chi connectivity index (χ2n) is 7.26. The van der Waals surface area contributed by atoms with E-state index in [9.17, 15) is 4.79 Å². The third kappa shape index (κ3) is 3.96. The Bertz CT molecular complexity index is 935. The molecule has 8 nitrogen and oxygen atoms in total. The fraction of sp³-hybridized carbons (Fsp3) is 0.400. The Morgan fingerprint density at radius 2 is 2.18 bits per heavy atom. The molecule has 1 aromatic carbocycles. The van der Waals surface area contributed by atoms with E-state index in [-0.39, 0.29) is 23.8 Å². The minimum Gasteiger partial charge on any atom is -0.346 e. The van der Waals surface area contributed by atoms with E-state index in [2.05, 4.69) is 25.9 Å². The van der Waals surface area contributed by atoms with E-state index in [0.29, 0.717) is 24.7 Å². The molecular weight excluding hydrogens is 356 g/mol. The number of aromatic nitrogens is 4. The van der Waals surface area contributed by atoms with Crippen LogP contribution >= 0.6 is 0 Å². The highest BCUT2D eigenvalue weighted by Gasteiger charge is 2.35. The molecule has 1 saturated heterocycles. The number of rotatable bonds is 6. The summed E-state index contributed by atoms with van der Waals surface area (Å²) in [5.41, 5.74) is 2.18. The van der Waals surface area contributed by atoms with Crippen molar-refractivity contribution in [2.75, 3.05) is 13.1 Å². The maximum Gasteiger partial charge on any atom is 0.231 e. The first kappa shape index (κ1) is 18.4. The van der Waals surface area contributed by atoms with Crippen molar-refractivity contribution >= 4 is 5.91 Å². The van der Waals surface area contributed by atoms with E-state index >= 15 is 0 Å². The first-order valence-electron chi connectivity index (χ1n) is 9.46. The lowest BCUT2D eigenvalue weighted by Gasteiger charge is -2.19. The molecule has 0 spiro atoms. The molecule has 2 aromatic heterocycles. The summed E-state index contributed by atoms with van der Waals surface area (Å²) in [6.45, 7) is 3.28. The highest BCUT2D eigenvalue weighted by Crippen LogP contribution is 2.28. The molecule has 1 aliphatic rings. The molecule has 0 radical (unpaired) electrons. The number of amides is 1. The molecule has 2 N–H and O–H groups in total. The van der Waals surface area contributed by atoms with Crippen LogP contribution in [-0.4, -0.2) is 38.9 Å². The summed E-state index contributed by atoms with van der Waals surface area (Å²) in [5.74, 6) is 0.976. The van der Waals surface area contributed by atoms with Crippen LogP contribution in [0.15, 0.2) is 47.2 Å². The molecule has 1 aliphatic heterocycles. The fourth-order valence-electron chi connectivity index (χ4n) is 3.61. The molecule has 3 atom stereocenters. The molecule has 3 heterocycles. The van der Waals surface area contributed by atoms with Crippen LogP contribution in [0.5, 0.6) is 0 Å². The zero-order chi connectivity index (χ0) is 19.5. The minimum atomic E-state index is -0.323. The van der Waals surface area contributed by atoms with Crippen LogP contribution in [0.1, 0.15) is 41.7 Å². The summed E-state index contributed by atoms with van der Waals surface area (Å²) >= 11 is 0. The van der Waals surface area contributed by atoms with Crippen molar-refractivity contribution in [2.24, 2.45) is 13.0 Å². The Morgan fingerprint density at radius 1 is 1.36 bits per heavy atom. The van der Waals surface area contributed by atoms with Crippen LogP contribution < -0.4 is 10.6 Å². The predicted molar refractivity (Wildman–Crippen MR) is 102 cm³/mol. The second kappa shape index (κ2) is 7.93. The van der Waals surface area contributed by atoms with E-state index in [1.165, 1.54) is 0 Å². The number of carbonyl (C=O) groups excluding carboxylic acids is 1. The summed E-state index contributed by atoms with van der Waals surface area (Å²) in [6.07, 6.45) is 4.37. The quantitative estimate of drug-likeness (QED) is 0.674. The van der Waals surface area contributed by atoms with Crippen molar-refractivity contribution in [3.05, 3.63) is 65.6 Å². The third-order valence-electron chi connectivity index (χ3n) is 5.13. The maximum absolute atomic E-state index is 12.9. The van der Waals surface area contributed by atoms with Gasteiger partial charge in [-0.3, -0.25) is 9.48 Å². The highest BCUT2D eigenvalue weighted by molar-refractivity contribution is 5.80. The van der Waals surface area contributed by atoms with Crippen LogP contribution in [-0.2, 0) is 18.3 Å². The van der Waals surface area contributed by atoms with Gasteiger partial charge in [0.2, 0.25) is 11.8 Å². The molecule has 0 aliphatic carbocycles. The van der Waals surface area contributed by atoms with Crippen molar-refractivity contribution in [1.82, 2.24) is 30.6 Å². The number of nitrogens with zero attached hydrogens (tertiary/aromatic N) is 4. The van der Waals surface area contributed by atoms with Gasteiger partial charge in [0.05, 0.1) is 24.6 Å². The smallest absolute Gasteiger partial charge is 0.231 e. The molecule has 4 rings (SSSR count). The molecule has 146 valence electrons. The second-order valence-corrected chi connectivity index (χ2v) is 7.26. The molecule has 8 heteroatoms. The lowest BCUT2D eigenvalue weighted by molar-refractivity contribution is -0.125. The van der Waals surface area contributed by atoms with Gasteiger partial charge >= 0.3 is 0 Å². The lowest BCUT2D eigenvalue weighted by atomic mass is 9.90. The average molecular weight is 380 g/mol. The van der Waals surface area contributed by atoms with Crippen molar-refractivity contribution in [1.29, 1.82) is 0 Å². The standard InChI is InChI=1S/C20H24N6O2/c1-13(19-24-18(28-25-19)8-14-6-4-3-5-7-14)23-20(27)17-11-21-10-16(17)15-9-22-26(2)12-15/h3-7,9,12-13,16-17,21H,8,10-11H2,1-2H3,(H,23,27)/t13?,16-,17+/m1/s1. The molecule has 1 fully saturated rings. The number of nitrogens with one attached hydrogen (secondary N) is 2. The first-order chi connectivity index (χ1) is 13.6. The van der Waals surface area contributed by atoms with Crippen molar-refractivity contribution < 1.29 is 9.32 Å². The number of carbonyl (C=O) groups is 1. The summed E-state index contributed by atoms with van der Waals surface area (Å²) in [7, 11) is 1.88. The van der Waals surface area contributed by atoms with Crippen molar-refractivity contribution in [3.63, 3.8) is 0 Å². The SMILES string of the molecule is CC(NC(=O)[C@H]1CNC[C@@H]1c1cnn(C)c1)c1noc(Cc2ccccc2)n1. The highest BCUT2D eigenvalue weighted by atomic mass is 16.5. The summed E-state index contributed by atoms with van der Waals surface area (Å²) < 4.78 is 7.12.